The summed E-state index contributed by atoms with van der Waals surface area (Å²) in [5.74, 6) is 0.492. The molecule has 4 heteroatoms. The molecule has 2 aliphatic heterocycles. The Morgan fingerprint density at radius 1 is 1.14 bits per heavy atom. The molecule has 0 N–H and O–H groups in total. The Morgan fingerprint density at radius 3 is 2.57 bits per heavy atom. The van der Waals surface area contributed by atoms with Gasteiger partial charge in [-0.1, -0.05) is 18.2 Å². The van der Waals surface area contributed by atoms with Crippen molar-refractivity contribution < 1.29 is 4.79 Å². The van der Waals surface area contributed by atoms with Crippen molar-refractivity contribution in [3.05, 3.63) is 48.3 Å². The number of benzene rings is 1. The summed E-state index contributed by atoms with van der Waals surface area (Å²) in [6.45, 7) is 0. The number of nitrogens with zero attached hydrogens (tertiary/aromatic N) is 2. The van der Waals surface area contributed by atoms with Gasteiger partial charge >= 0.3 is 0 Å². The summed E-state index contributed by atoms with van der Waals surface area (Å²) in [7, 11) is 0. The van der Waals surface area contributed by atoms with Gasteiger partial charge in [-0.25, -0.2) is 4.68 Å². The van der Waals surface area contributed by atoms with Crippen LogP contribution in [0.1, 0.15) is 36.0 Å². The molecule has 2 aliphatic rings. The normalized spacial score (nSPS) is 27.7. The number of para-hydroxylation sites is 1. The van der Waals surface area contributed by atoms with Crippen LogP contribution in [0.4, 0.5) is 0 Å². The van der Waals surface area contributed by atoms with E-state index in [0.717, 1.165) is 24.1 Å². The predicted octanol–water partition coefficient (Wildman–Crippen LogP) is 3.73. The third kappa shape index (κ3) is 2.53. The zero-order chi connectivity index (χ0) is 14.2. The number of hydrogen-bond donors (Lipinski definition) is 0. The fourth-order valence-corrected chi connectivity index (χ4v) is 5.26. The summed E-state index contributed by atoms with van der Waals surface area (Å²) >= 11 is 2.10. The largest absolute Gasteiger partial charge is 0.294 e. The second-order valence-corrected chi connectivity index (χ2v) is 7.60. The van der Waals surface area contributed by atoms with Crippen LogP contribution in [0.25, 0.3) is 5.69 Å². The maximum absolute atomic E-state index is 12.7. The molecule has 3 heterocycles. The van der Waals surface area contributed by atoms with E-state index in [1.165, 1.54) is 12.8 Å². The molecule has 0 aliphatic carbocycles. The smallest absolute Gasteiger partial charge is 0.169 e. The molecule has 0 spiro atoms. The molecule has 1 aromatic heterocycles. The number of Topliss-reactive ketones (excluding diaryl/α,β-unsaturated/α-hetero) is 1. The first-order valence-corrected chi connectivity index (χ1v) is 8.53. The van der Waals surface area contributed by atoms with Crippen LogP contribution in [0.5, 0.6) is 0 Å². The Hall–Kier alpha value is -1.55. The van der Waals surface area contributed by atoms with Gasteiger partial charge in [-0.05, 0) is 37.8 Å². The number of fused-ring (bicyclic) bond motifs is 2. The quantitative estimate of drug-likeness (QED) is 0.810. The average Bonchev–Trinajstić information content (AvgIpc) is 3.14. The van der Waals surface area contributed by atoms with Crippen molar-refractivity contribution in [2.75, 3.05) is 0 Å². The van der Waals surface area contributed by atoms with E-state index in [0.29, 0.717) is 10.5 Å². The Balaban J connectivity index is 1.54. The Bertz CT molecular complexity index is 640. The van der Waals surface area contributed by atoms with Crippen LogP contribution >= 0.6 is 11.8 Å². The van der Waals surface area contributed by atoms with E-state index in [9.17, 15) is 4.79 Å². The van der Waals surface area contributed by atoms with E-state index >= 15 is 0 Å². The fraction of sp³-hybridized carbons (Fsp3) is 0.412. The molecule has 2 atom stereocenters. The zero-order valence-corrected chi connectivity index (χ0v) is 12.6. The highest BCUT2D eigenvalue weighted by Crippen LogP contribution is 2.46. The number of hydrogen-bond acceptors (Lipinski definition) is 3. The summed E-state index contributed by atoms with van der Waals surface area (Å²) in [6, 6.07) is 9.94. The first-order chi connectivity index (χ1) is 10.3. The second-order valence-electron chi connectivity index (χ2n) is 6.00. The average molecular weight is 298 g/mol. The minimum atomic E-state index is 0.206. The second kappa shape index (κ2) is 5.34. The van der Waals surface area contributed by atoms with E-state index in [2.05, 4.69) is 16.9 Å². The van der Waals surface area contributed by atoms with Crippen molar-refractivity contribution in [2.24, 2.45) is 5.92 Å². The standard InChI is InChI=1S/C17H18N2OS/c20-17(12-8-15-6-7-16(9-12)21-15)13-10-18-19(11-13)14-4-2-1-3-5-14/h1-5,10-12,15-16H,6-9H2. The minimum Gasteiger partial charge on any atom is -0.294 e. The van der Waals surface area contributed by atoms with Crippen LogP contribution in [0.3, 0.4) is 0 Å². The van der Waals surface area contributed by atoms with Gasteiger partial charge in [0.1, 0.15) is 0 Å². The molecule has 2 fully saturated rings. The third-order valence-electron chi connectivity index (χ3n) is 4.55. The molecule has 0 saturated carbocycles. The number of ketones is 1. The molecule has 3 nitrogen and oxygen atoms in total. The summed E-state index contributed by atoms with van der Waals surface area (Å²) in [6.07, 6.45) is 8.29. The molecule has 2 aromatic rings. The topological polar surface area (TPSA) is 34.9 Å². The van der Waals surface area contributed by atoms with Gasteiger partial charge in [-0.15, -0.1) is 0 Å². The van der Waals surface area contributed by atoms with E-state index in [-0.39, 0.29) is 11.7 Å². The molecule has 0 radical (unpaired) electrons. The summed E-state index contributed by atoms with van der Waals surface area (Å²) in [5, 5.41) is 5.77. The molecule has 1 aromatic carbocycles. The monoisotopic (exact) mass is 298 g/mol. The Morgan fingerprint density at radius 2 is 1.86 bits per heavy atom. The maximum atomic E-state index is 12.7. The molecular weight excluding hydrogens is 280 g/mol. The van der Waals surface area contributed by atoms with Crippen molar-refractivity contribution in [3.63, 3.8) is 0 Å². The van der Waals surface area contributed by atoms with Crippen LogP contribution in [0, 0.1) is 5.92 Å². The molecular formula is C17H18N2OS. The summed E-state index contributed by atoms with van der Waals surface area (Å²) < 4.78 is 1.79. The van der Waals surface area contributed by atoms with Crippen molar-refractivity contribution in [1.29, 1.82) is 0 Å². The van der Waals surface area contributed by atoms with Gasteiger partial charge < -0.3 is 0 Å². The highest BCUT2D eigenvalue weighted by Gasteiger charge is 2.38. The first kappa shape index (κ1) is 13.1. The molecule has 2 bridgehead atoms. The van der Waals surface area contributed by atoms with E-state index in [1.807, 2.05) is 36.5 Å². The SMILES string of the molecule is O=C(c1cnn(-c2ccccc2)c1)C1CC2CCC(C1)S2. The summed E-state index contributed by atoms with van der Waals surface area (Å²) in [4.78, 5) is 12.7. The predicted molar refractivity (Wildman–Crippen MR) is 85.0 cm³/mol. The van der Waals surface area contributed by atoms with Crippen LogP contribution in [-0.4, -0.2) is 26.1 Å². The minimum absolute atomic E-state index is 0.206. The van der Waals surface area contributed by atoms with Crippen LogP contribution in [0.15, 0.2) is 42.7 Å². The molecule has 108 valence electrons. The number of rotatable bonds is 3. The van der Waals surface area contributed by atoms with Crippen molar-refractivity contribution in [3.8, 4) is 5.69 Å². The molecule has 2 saturated heterocycles. The fourth-order valence-electron chi connectivity index (χ4n) is 3.48. The molecule has 21 heavy (non-hydrogen) atoms. The van der Waals surface area contributed by atoms with E-state index in [4.69, 9.17) is 0 Å². The van der Waals surface area contributed by atoms with Crippen molar-refractivity contribution >= 4 is 17.5 Å². The number of carbonyl (C=O) groups is 1. The van der Waals surface area contributed by atoms with Gasteiger partial charge in [0.25, 0.3) is 0 Å². The molecule has 0 amide bonds. The van der Waals surface area contributed by atoms with E-state index in [1.54, 1.807) is 10.9 Å². The lowest BCUT2D eigenvalue weighted by Crippen LogP contribution is -2.24. The maximum Gasteiger partial charge on any atom is 0.169 e. The zero-order valence-electron chi connectivity index (χ0n) is 11.8. The molecule has 2 unspecified atom stereocenters. The molecule has 4 rings (SSSR count). The lowest BCUT2D eigenvalue weighted by Gasteiger charge is -2.25. The number of carbonyl (C=O) groups excluding carboxylic acids is 1. The number of aromatic nitrogens is 2. The van der Waals surface area contributed by atoms with Crippen molar-refractivity contribution in [1.82, 2.24) is 9.78 Å². The van der Waals surface area contributed by atoms with E-state index < -0.39 is 0 Å². The highest BCUT2D eigenvalue weighted by atomic mass is 32.2. The third-order valence-corrected chi connectivity index (χ3v) is 6.18. The highest BCUT2D eigenvalue weighted by molar-refractivity contribution is 8.00. The lowest BCUT2D eigenvalue weighted by molar-refractivity contribution is 0.0907. The number of thioether (sulfide) groups is 1. The van der Waals surface area contributed by atoms with Gasteiger partial charge in [0.15, 0.2) is 5.78 Å². The first-order valence-electron chi connectivity index (χ1n) is 7.59. The van der Waals surface area contributed by atoms with Gasteiger partial charge in [0, 0.05) is 22.6 Å². The van der Waals surface area contributed by atoms with Gasteiger partial charge in [0.05, 0.1) is 17.4 Å². The summed E-state index contributed by atoms with van der Waals surface area (Å²) in [5.41, 5.74) is 1.76. The Labute approximate surface area is 128 Å². The Kier molecular flexibility index (Phi) is 3.34. The van der Waals surface area contributed by atoms with Crippen LogP contribution in [-0.2, 0) is 0 Å². The lowest BCUT2D eigenvalue weighted by atomic mass is 9.92. The van der Waals surface area contributed by atoms with Crippen molar-refractivity contribution in [2.45, 2.75) is 36.2 Å². The van der Waals surface area contributed by atoms with Crippen LogP contribution < -0.4 is 0 Å². The van der Waals surface area contributed by atoms with Gasteiger partial charge in [-0.2, -0.15) is 16.9 Å². The van der Waals surface area contributed by atoms with Gasteiger partial charge in [0.2, 0.25) is 0 Å². The van der Waals surface area contributed by atoms with Crippen LogP contribution in [0.2, 0.25) is 0 Å². The van der Waals surface area contributed by atoms with Gasteiger partial charge in [-0.3, -0.25) is 4.79 Å².